The fourth-order valence-electron chi connectivity index (χ4n) is 3.45. The van der Waals surface area contributed by atoms with E-state index in [-0.39, 0.29) is 11.4 Å². The molecule has 0 saturated carbocycles. The zero-order valence-electron chi connectivity index (χ0n) is 18.7. The van der Waals surface area contributed by atoms with E-state index in [1.165, 1.54) is 4.68 Å². The summed E-state index contributed by atoms with van der Waals surface area (Å²) >= 11 is 0. The van der Waals surface area contributed by atoms with Crippen LogP contribution in [0.15, 0.2) is 47.4 Å². The number of amides is 1. The van der Waals surface area contributed by atoms with Crippen molar-refractivity contribution in [1.29, 1.82) is 0 Å². The van der Waals surface area contributed by atoms with Crippen LogP contribution < -0.4 is 9.62 Å². The van der Waals surface area contributed by atoms with Crippen LogP contribution in [0.3, 0.4) is 0 Å². The number of benzene rings is 2. The average Bonchev–Trinajstić information content (AvgIpc) is 2.95. The first-order chi connectivity index (χ1) is 14.5. The van der Waals surface area contributed by atoms with Gasteiger partial charge >= 0.3 is 0 Å². The van der Waals surface area contributed by atoms with Crippen LogP contribution in [0.2, 0.25) is 0 Å². The van der Waals surface area contributed by atoms with E-state index in [1.807, 2.05) is 51.1 Å². The average molecular weight is 441 g/mol. The van der Waals surface area contributed by atoms with Crippen LogP contribution >= 0.6 is 0 Å². The van der Waals surface area contributed by atoms with Gasteiger partial charge in [0.15, 0.2) is 0 Å². The van der Waals surface area contributed by atoms with Crippen molar-refractivity contribution in [2.45, 2.75) is 39.5 Å². The van der Waals surface area contributed by atoms with Crippen molar-refractivity contribution in [3.8, 4) is 0 Å². The number of hydrogen-bond acceptors (Lipinski definition) is 4. The van der Waals surface area contributed by atoms with Gasteiger partial charge in [-0.15, -0.1) is 0 Å². The highest BCUT2D eigenvalue weighted by Gasteiger charge is 2.32. The molecule has 0 unspecified atom stereocenters. The molecule has 1 heterocycles. The minimum absolute atomic E-state index is 0.120. The Hall–Kier alpha value is -3.13. The monoisotopic (exact) mass is 440 g/mol. The Morgan fingerprint density at radius 3 is 2.19 bits per heavy atom. The standard InChI is InChI=1S/C23H28N4O3S/c1-15-8-11-20(12-9-15)27(31(29,30)23-18(4)25-26(6)19(23)5)14-22(28)24-21-13-16(2)7-10-17(21)3/h7-13H,14H2,1-6H3,(H,24,28). The topological polar surface area (TPSA) is 84.3 Å². The Balaban J connectivity index is 2.02. The Labute approximate surface area is 183 Å². The third kappa shape index (κ3) is 4.64. The number of hydrogen-bond donors (Lipinski definition) is 1. The molecule has 3 rings (SSSR count). The van der Waals surface area contributed by atoms with E-state index in [0.29, 0.717) is 22.8 Å². The molecule has 0 atom stereocenters. The van der Waals surface area contributed by atoms with Gasteiger partial charge in [0.05, 0.1) is 17.1 Å². The highest BCUT2D eigenvalue weighted by atomic mass is 32.2. The van der Waals surface area contributed by atoms with Gasteiger partial charge < -0.3 is 5.32 Å². The van der Waals surface area contributed by atoms with Crippen LogP contribution in [0, 0.1) is 34.6 Å². The van der Waals surface area contributed by atoms with Crippen molar-refractivity contribution in [2.75, 3.05) is 16.2 Å². The van der Waals surface area contributed by atoms with E-state index in [1.54, 1.807) is 33.0 Å². The van der Waals surface area contributed by atoms with Gasteiger partial charge in [0.1, 0.15) is 11.4 Å². The Morgan fingerprint density at radius 2 is 1.61 bits per heavy atom. The first-order valence-electron chi connectivity index (χ1n) is 9.97. The molecular weight excluding hydrogens is 412 g/mol. The van der Waals surface area contributed by atoms with Crippen molar-refractivity contribution in [3.05, 3.63) is 70.5 Å². The maximum atomic E-state index is 13.7. The number of rotatable bonds is 6. The van der Waals surface area contributed by atoms with Crippen molar-refractivity contribution in [2.24, 2.45) is 7.05 Å². The summed E-state index contributed by atoms with van der Waals surface area (Å²) in [7, 11) is -2.32. The third-order valence-electron chi connectivity index (χ3n) is 5.27. The lowest BCUT2D eigenvalue weighted by Crippen LogP contribution is -2.38. The summed E-state index contributed by atoms with van der Waals surface area (Å²) in [6, 6.07) is 12.8. The van der Waals surface area contributed by atoms with Gasteiger partial charge in [0.2, 0.25) is 5.91 Å². The van der Waals surface area contributed by atoms with Gasteiger partial charge in [-0.3, -0.25) is 13.8 Å². The molecule has 8 heteroatoms. The van der Waals surface area contributed by atoms with E-state index in [9.17, 15) is 13.2 Å². The minimum Gasteiger partial charge on any atom is -0.324 e. The number of anilines is 2. The Bertz CT molecular complexity index is 1230. The van der Waals surface area contributed by atoms with E-state index in [0.717, 1.165) is 21.0 Å². The maximum absolute atomic E-state index is 13.7. The van der Waals surface area contributed by atoms with E-state index >= 15 is 0 Å². The number of carbonyl (C=O) groups is 1. The van der Waals surface area contributed by atoms with Crippen LogP contribution in [-0.4, -0.2) is 30.7 Å². The van der Waals surface area contributed by atoms with Crippen molar-refractivity contribution in [1.82, 2.24) is 9.78 Å². The molecule has 0 spiro atoms. The second kappa shape index (κ2) is 8.55. The molecule has 31 heavy (non-hydrogen) atoms. The molecule has 0 aliphatic carbocycles. The fraction of sp³-hybridized carbons (Fsp3) is 0.304. The summed E-state index contributed by atoms with van der Waals surface area (Å²) in [6.45, 7) is 8.76. The number of carbonyl (C=O) groups excluding carboxylic acids is 1. The van der Waals surface area contributed by atoms with Gasteiger partial charge in [0, 0.05) is 12.7 Å². The largest absolute Gasteiger partial charge is 0.324 e. The normalized spacial score (nSPS) is 11.4. The van der Waals surface area contributed by atoms with E-state index in [4.69, 9.17) is 0 Å². The summed E-state index contributed by atoms with van der Waals surface area (Å²) in [5, 5.41) is 7.10. The number of nitrogens with zero attached hydrogens (tertiary/aromatic N) is 3. The molecule has 0 bridgehead atoms. The lowest BCUT2D eigenvalue weighted by Gasteiger charge is -2.24. The lowest BCUT2D eigenvalue weighted by molar-refractivity contribution is -0.114. The third-order valence-corrected chi connectivity index (χ3v) is 7.29. The van der Waals surface area contributed by atoms with Crippen molar-refractivity contribution < 1.29 is 13.2 Å². The molecule has 7 nitrogen and oxygen atoms in total. The summed E-state index contributed by atoms with van der Waals surface area (Å²) < 4.78 is 30.0. The quantitative estimate of drug-likeness (QED) is 0.632. The SMILES string of the molecule is Cc1ccc(N(CC(=O)Nc2cc(C)ccc2C)S(=O)(=O)c2c(C)nn(C)c2C)cc1. The first kappa shape index (κ1) is 22.6. The summed E-state index contributed by atoms with van der Waals surface area (Å²) in [4.78, 5) is 13.1. The molecule has 1 aromatic heterocycles. The second-order valence-corrected chi connectivity index (χ2v) is 9.64. The molecule has 0 aliphatic rings. The summed E-state index contributed by atoms with van der Waals surface area (Å²) in [6.07, 6.45) is 0. The van der Waals surface area contributed by atoms with Gasteiger partial charge in [0.25, 0.3) is 10.0 Å². The smallest absolute Gasteiger partial charge is 0.268 e. The van der Waals surface area contributed by atoms with Gasteiger partial charge in [-0.1, -0.05) is 29.8 Å². The molecule has 0 aliphatic heterocycles. The van der Waals surface area contributed by atoms with Crippen molar-refractivity contribution in [3.63, 3.8) is 0 Å². The van der Waals surface area contributed by atoms with Gasteiger partial charge in [-0.2, -0.15) is 5.10 Å². The molecule has 0 fully saturated rings. The number of aryl methyl sites for hydroxylation is 5. The van der Waals surface area contributed by atoms with E-state index in [2.05, 4.69) is 10.4 Å². The van der Waals surface area contributed by atoms with Crippen LogP contribution in [-0.2, 0) is 21.9 Å². The number of aromatic nitrogens is 2. The highest BCUT2D eigenvalue weighted by molar-refractivity contribution is 7.93. The maximum Gasteiger partial charge on any atom is 0.268 e. The van der Waals surface area contributed by atoms with Crippen LogP contribution in [0.25, 0.3) is 0 Å². The second-order valence-electron chi connectivity index (χ2n) is 7.84. The van der Waals surface area contributed by atoms with Crippen LogP contribution in [0.1, 0.15) is 28.1 Å². The zero-order valence-corrected chi connectivity index (χ0v) is 19.5. The zero-order chi connectivity index (χ0) is 22.9. The Morgan fingerprint density at radius 1 is 1.00 bits per heavy atom. The van der Waals surface area contributed by atoms with E-state index < -0.39 is 15.9 Å². The Kier molecular flexibility index (Phi) is 6.22. The lowest BCUT2D eigenvalue weighted by atomic mass is 10.1. The van der Waals surface area contributed by atoms with Crippen LogP contribution in [0.4, 0.5) is 11.4 Å². The number of sulfonamides is 1. The summed E-state index contributed by atoms with van der Waals surface area (Å²) in [5.41, 5.74) is 4.91. The van der Waals surface area contributed by atoms with Crippen molar-refractivity contribution >= 4 is 27.3 Å². The molecule has 164 valence electrons. The predicted molar refractivity (Wildman–Crippen MR) is 123 cm³/mol. The van der Waals surface area contributed by atoms with Crippen LogP contribution in [0.5, 0.6) is 0 Å². The molecule has 0 saturated heterocycles. The molecule has 3 aromatic rings. The van der Waals surface area contributed by atoms with Gasteiger partial charge in [-0.05, 0) is 63.9 Å². The number of nitrogens with one attached hydrogen (secondary N) is 1. The fourth-order valence-corrected chi connectivity index (χ4v) is 5.28. The molecule has 1 amide bonds. The molecule has 2 aromatic carbocycles. The first-order valence-corrected chi connectivity index (χ1v) is 11.4. The minimum atomic E-state index is -4.02. The van der Waals surface area contributed by atoms with Gasteiger partial charge in [-0.25, -0.2) is 8.42 Å². The molecule has 1 N–H and O–H groups in total. The highest BCUT2D eigenvalue weighted by Crippen LogP contribution is 2.28. The molecular formula is C23H28N4O3S. The molecule has 0 radical (unpaired) electrons. The predicted octanol–water partition coefficient (Wildman–Crippen LogP) is 3.80. The summed E-state index contributed by atoms with van der Waals surface area (Å²) in [5.74, 6) is -0.419.